The third-order valence-electron chi connectivity index (χ3n) is 3.47. The number of amides is 1. The van der Waals surface area contributed by atoms with E-state index in [1.165, 1.54) is 7.11 Å². The quantitative estimate of drug-likeness (QED) is 0.748. The van der Waals surface area contributed by atoms with Crippen molar-refractivity contribution in [1.29, 1.82) is 0 Å². The summed E-state index contributed by atoms with van der Waals surface area (Å²) in [6.07, 6.45) is 0. The van der Waals surface area contributed by atoms with Gasteiger partial charge in [0.1, 0.15) is 6.04 Å². The highest BCUT2D eigenvalue weighted by atomic mass is 35.5. The van der Waals surface area contributed by atoms with Crippen LogP contribution < -0.4 is 10.6 Å². The fourth-order valence-electron chi connectivity index (χ4n) is 2.30. The average molecular weight is 381 g/mol. The lowest BCUT2D eigenvalue weighted by atomic mass is 10.0. The van der Waals surface area contributed by atoms with Crippen LogP contribution in [0.25, 0.3) is 11.1 Å². The third-order valence-corrected chi connectivity index (χ3v) is 3.91. The van der Waals surface area contributed by atoms with Gasteiger partial charge in [-0.1, -0.05) is 41.4 Å². The molecule has 25 heavy (non-hydrogen) atoms. The molecule has 0 saturated carbocycles. The van der Waals surface area contributed by atoms with E-state index in [2.05, 4.69) is 15.4 Å². The predicted molar refractivity (Wildman–Crippen MR) is 100 cm³/mol. The fourth-order valence-corrected chi connectivity index (χ4v) is 2.83. The number of halogens is 2. The molecule has 2 rings (SSSR count). The first-order valence-electron chi connectivity index (χ1n) is 7.57. The van der Waals surface area contributed by atoms with Crippen LogP contribution in [-0.2, 0) is 14.3 Å². The van der Waals surface area contributed by atoms with E-state index in [1.54, 1.807) is 25.1 Å². The van der Waals surface area contributed by atoms with Crippen LogP contribution >= 0.6 is 23.2 Å². The van der Waals surface area contributed by atoms with Gasteiger partial charge in [-0.3, -0.25) is 4.79 Å². The number of rotatable bonds is 6. The molecule has 0 aromatic heterocycles. The van der Waals surface area contributed by atoms with Crippen LogP contribution in [0.5, 0.6) is 0 Å². The van der Waals surface area contributed by atoms with E-state index < -0.39 is 12.0 Å². The molecule has 2 aromatic rings. The molecular weight excluding hydrogens is 363 g/mol. The minimum atomic E-state index is -0.707. The molecule has 1 atom stereocenters. The van der Waals surface area contributed by atoms with E-state index in [-0.39, 0.29) is 12.5 Å². The van der Waals surface area contributed by atoms with Crippen molar-refractivity contribution in [2.24, 2.45) is 0 Å². The van der Waals surface area contributed by atoms with Crippen molar-refractivity contribution < 1.29 is 14.3 Å². The van der Waals surface area contributed by atoms with Gasteiger partial charge in [-0.2, -0.15) is 0 Å². The Bertz CT molecular complexity index is 760. The minimum absolute atomic E-state index is 0.00659. The first kappa shape index (κ1) is 19.1. The molecule has 7 heteroatoms. The number of hydrogen-bond acceptors (Lipinski definition) is 4. The Hall–Kier alpha value is -2.24. The Morgan fingerprint density at radius 2 is 1.76 bits per heavy atom. The van der Waals surface area contributed by atoms with Gasteiger partial charge >= 0.3 is 5.97 Å². The second-order valence-corrected chi connectivity index (χ2v) is 6.24. The number of nitrogens with one attached hydrogen (secondary N) is 2. The molecule has 0 aliphatic carbocycles. The van der Waals surface area contributed by atoms with Crippen LogP contribution in [0.15, 0.2) is 42.5 Å². The Kier molecular flexibility index (Phi) is 6.67. The highest BCUT2D eigenvalue weighted by molar-refractivity contribution is 6.35. The fraction of sp³-hybridized carbons (Fsp3) is 0.222. The molecule has 0 bridgehead atoms. The standard InChI is InChI=1S/C18H18Cl2N2O3/c1-11(18(24)25-2)22-17(23)10-21-16-6-4-3-5-15(16)12-7-13(19)9-14(20)8-12/h3-9,11,21H,10H2,1-2H3,(H,22,23)/t11-/m0/s1. The van der Waals surface area contributed by atoms with Crippen molar-refractivity contribution in [3.8, 4) is 11.1 Å². The lowest BCUT2D eigenvalue weighted by molar-refractivity contribution is -0.144. The van der Waals surface area contributed by atoms with Gasteiger partial charge in [0.05, 0.1) is 13.7 Å². The molecule has 132 valence electrons. The number of benzene rings is 2. The van der Waals surface area contributed by atoms with Gasteiger partial charge in [0.2, 0.25) is 5.91 Å². The van der Waals surface area contributed by atoms with Crippen LogP contribution in [0.4, 0.5) is 5.69 Å². The number of carbonyl (C=O) groups is 2. The molecule has 0 aliphatic heterocycles. The molecule has 0 fully saturated rings. The van der Waals surface area contributed by atoms with Crippen molar-refractivity contribution in [2.45, 2.75) is 13.0 Å². The molecule has 5 nitrogen and oxygen atoms in total. The normalized spacial score (nSPS) is 11.5. The lowest BCUT2D eigenvalue weighted by Crippen LogP contribution is -2.41. The van der Waals surface area contributed by atoms with E-state index >= 15 is 0 Å². The number of esters is 1. The van der Waals surface area contributed by atoms with Crippen molar-refractivity contribution in [2.75, 3.05) is 19.0 Å². The van der Waals surface area contributed by atoms with Gasteiger partial charge in [0, 0.05) is 21.3 Å². The summed E-state index contributed by atoms with van der Waals surface area (Å²) in [7, 11) is 1.27. The maximum Gasteiger partial charge on any atom is 0.328 e. The summed E-state index contributed by atoms with van der Waals surface area (Å²) >= 11 is 12.1. The van der Waals surface area contributed by atoms with Gasteiger partial charge < -0.3 is 15.4 Å². The number of carbonyl (C=O) groups excluding carboxylic acids is 2. The average Bonchev–Trinajstić information content (AvgIpc) is 2.58. The van der Waals surface area contributed by atoms with Gasteiger partial charge in [-0.05, 0) is 36.8 Å². The van der Waals surface area contributed by atoms with E-state index in [0.717, 1.165) is 16.8 Å². The first-order chi connectivity index (χ1) is 11.9. The van der Waals surface area contributed by atoms with Crippen molar-refractivity contribution >= 4 is 40.8 Å². The molecular formula is C18H18Cl2N2O3. The maximum atomic E-state index is 12.0. The van der Waals surface area contributed by atoms with E-state index in [1.807, 2.05) is 24.3 Å². The number of anilines is 1. The zero-order valence-corrected chi connectivity index (χ0v) is 15.3. The van der Waals surface area contributed by atoms with Gasteiger partial charge in [0.15, 0.2) is 0 Å². The molecule has 2 aromatic carbocycles. The summed E-state index contributed by atoms with van der Waals surface area (Å²) in [5.74, 6) is -0.820. The van der Waals surface area contributed by atoms with Crippen molar-refractivity contribution in [3.63, 3.8) is 0 Å². The summed E-state index contributed by atoms with van der Waals surface area (Å²) in [4.78, 5) is 23.3. The van der Waals surface area contributed by atoms with Crippen LogP contribution in [0, 0.1) is 0 Å². The number of para-hydroxylation sites is 1. The highest BCUT2D eigenvalue weighted by Crippen LogP contribution is 2.32. The molecule has 0 aliphatic rings. The maximum absolute atomic E-state index is 12.0. The van der Waals surface area contributed by atoms with Crippen molar-refractivity contribution in [3.05, 3.63) is 52.5 Å². The number of methoxy groups -OCH3 is 1. The number of hydrogen-bond donors (Lipinski definition) is 2. The molecule has 0 spiro atoms. The van der Waals surface area contributed by atoms with Crippen LogP contribution in [0.3, 0.4) is 0 Å². The molecule has 0 radical (unpaired) electrons. The zero-order valence-electron chi connectivity index (χ0n) is 13.8. The predicted octanol–water partition coefficient (Wildman–Crippen LogP) is 3.75. The molecule has 2 N–H and O–H groups in total. The van der Waals surface area contributed by atoms with Crippen LogP contribution in [0.2, 0.25) is 10.0 Å². The summed E-state index contributed by atoms with van der Waals surface area (Å²) in [5, 5.41) is 6.68. The first-order valence-corrected chi connectivity index (χ1v) is 8.33. The lowest BCUT2D eigenvalue weighted by Gasteiger charge is -2.15. The smallest absolute Gasteiger partial charge is 0.328 e. The van der Waals surface area contributed by atoms with Crippen molar-refractivity contribution in [1.82, 2.24) is 5.32 Å². The summed E-state index contributed by atoms with van der Waals surface area (Å²) in [5.41, 5.74) is 2.45. The number of ether oxygens (including phenoxy) is 1. The Morgan fingerprint density at radius 3 is 2.40 bits per heavy atom. The highest BCUT2D eigenvalue weighted by Gasteiger charge is 2.16. The van der Waals surface area contributed by atoms with E-state index in [0.29, 0.717) is 10.0 Å². The zero-order chi connectivity index (χ0) is 18.4. The van der Waals surface area contributed by atoms with Gasteiger partial charge in [0.25, 0.3) is 0 Å². The van der Waals surface area contributed by atoms with E-state index in [9.17, 15) is 9.59 Å². The summed E-state index contributed by atoms with van der Waals surface area (Å²) in [6, 6.07) is 12.0. The van der Waals surface area contributed by atoms with Crippen LogP contribution in [-0.4, -0.2) is 31.6 Å². The largest absolute Gasteiger partial charge is 0.467 e. The minimum Gasteiger partial charge on any atom is -0.467 e. The SMILES string of the molecule is COC(=O)[C@H](C)NC(=O)CNc1ccccc1-c1cc(Cl)cc(Cl)c1. The van der Waals surface area contributed by atoms with Crippen LogP contribution in [0.1, 0.15) is 6.92 Å². The summed E-state index contributed by atoms with van der Waals surface area (Å²) in [6.45, 7) is 1.57. The second kappa shape index (κ2) is 8.74. The Morgan fingerprint density at radius 1 is 1.12 bits per heavy atom. The Labute approximate surface area is 156 Å². The summed E-state index contributed by atoms with van der Waals surface area (Å²) < 4.78 is 4.58. The molecule has 1 amide bonds. The monoisotopic (exact) mass is 380 g/mol. The third kappa shape index (κ3) is 5.37. The molecule has 0 heterocycles. The van der Waals surface area contributed by atoms with Gasteiger partial charge in [-0.15, -0.1) is 0 Å². The second-order valence-electron chi connectivity index (χ2n) is 5.37. The molecule has 0 unspecified atom stereocenters. The van der Waals surface area contributed by atoms with E-state index in [4.69, 9.17) is 23.2 Å². The van der Waals surface area contributed by atoms with Gasteiger partial charge in [-0.25, -0.2) is 4.79 Å². The Balaban J connectivity index is 2.11. The molecule has 0 saturated heterocycles. The topological polar surface area (TPSA) is 67.4 Å².